The van der Waals surface area contributed by atoms with Gasteiger partial charge in [-0.15, -0.1) is 0 Å². The second-order valence-electron chi connectivity index (χ2n) is 6.72. The van der Waals surface area contributed by atoms with E-state index in [4.69, 9.17) is 16.3 Å². The van der Waals surface area contributed by atoms with Crippen LogP contribution in [0.4, 0.5) is 5.69 Å². The lowest BCUT2D eigenvalue weighted by Gasteiger charge is -2.08. The van der Waals surface area contributed by atoms with Crippen LogP contribution in [0.15, 0.2) is 78.9 Å². The van der Waals surface area contributed by atoms with E-state index in [9.17, 15) is 14.4 Å². The van der Waals surface area contributed by atoms with Crippen molar-refractivity contribution in [3.63, 3.8) is 0 Å². The van der Waals surface area contributed by atoms with Gasteiger partial charge in [0.2, 0.25) is 5.91 Å². The molecule has 0 heterocycles. The van der Waals surface area contributed by atoms with E-state index < -0.39 is 5.97 Å². The van der Waals surface area contributed by atoms with E-state index in [1.54, 1.807) is 48.5 Å². The third-order valence-corrected chi connectivity index (χ3v) is 4.56. The topological polar surface area (TPSA) is 84.5 Å². The summed E-state index contributed by atoms with van der Waals surface area (Å²) in [6, 6.07) is 22.4. The van der Waals surface area contributed by atoms with Crippen LogP contribution in [0.25, 0.3) is 0 Å². The summed E-state index contributed by atoms with van der Waals surface area (Å²) in [4.78, 5) is 36.1. The maximum atomic E-state index is 12.2. The van der Waals surface area contributed by atoms with E-state index in [0.29, 0.717) is 22.0 Å². The van der Waals surface area contributed by atoms with E-state index in [0.717, 1.165) is 5.56 Å². The van der Waals surface area contributed by atoms with Gasteiger partial charge in [0.15, 0.2) is 0 Å². The van der Waals surface area contributed by atoms with Crippen LogP contribution >= 0.6 is 11.6 Å². The minimum Gasteiger partial charge on any atom is -0.426 e. The number of halogens is 1. The minimum absolute atomic E-state index is 0.0512. The fourth-order valence-corrected chi connectivity index (χ4v) is 2.87. The highest BCUT2D eigenvalue weighted by molar-refractivity contribution is 6.30. The fraction of sp³-hybridized carbons (Fsp3) is 0.125. The first-order chi connectivity index (χ1) is 15.0. The molecule has 0 aliphatic heterocycles. The molecule has 0 saturated heterocycles. The second-order valence-corrected chi connectivity index (χ2v) is 7.16. The number of benzene rings is 3. The highest BCUT2D eigenvalue weighted by Crippen LogP contribution is 2.17. The quantitative estimate of drug-likeness (QED) is 0.408. The van der Waals surface area contributed by atoms with Gasteiger partial charge in [0.25, 0.3) is 5.91 Å². The summed E-state index contributed by atoms with van der Waals surface area (Å²) >= 11 is 5.82. The van der Waals surface area contributed by atoms with Crippen LogP contribution < -0.4 is 15.4 Å². The van der Waals surface area contributed by atoms with E-state index in [2.05, 4.69) is 10.6 Å². The number of carbonyl (C=O) groups excluding carboxylic acids is 3. The van der Waals surface area contributed by atoms with Crippen LogP contribution in [0.2, 0.25) is 5.02 Å². The molecule has 31 heavy (non-hydrogen) atoms. The lowest BCUT2D eigenvalue weighted by atomic mass is 10.1. The van der Waals surface area contributed by atoms with Gasteiger partial charge >= 0.3 is 5.97 Å². The van der Waals surface area contributed by atoms with Crippen molar-refractivity contribution in [3.8, 4) is 5.75 Å². The molecule has 0 saturated carbocycles. The molecule has 0 aromatic heterocycles. The summed E-state index contributed by atoms with van der Waals surface area (Å²) in [5, 5.41) is 6.01. The van der Waals surface area contributed by atoms with Crippen molar-refractivity contribution < 1.29 is 19.1 Å². The predicted molar refractivity (Wildman–Crippen MR) is 119 cm³/mol. The summed E-state index contributed by atoms with van der Waals surface area (Å²) in [5.41, 5.74) is 1.95. The number of amides is 2. The van der Waals surface area contributed by atoms with Gasteiger partial charge in [-0.05, 0) is 54.1 Å². The van der Waals surface area contributed by atoms with Crippen molar-refractivity contribution in [1.82, 2.24) is 5.32 Å². The Balaban J connectivity index is 1.40. The van der Waals surface area contributed by atoms with Crippen LogP contribution in [-0.2, 0) is 16.0 Å². The second kappa shape index (κ2) is 10.9. The van der Waals surface area contributed by atoms with Crippen LogP contribution in [0.1, 0.15) is 22.3 Å². The molecule has 0 atom stereocenters. The van der Waals surface area contributed by atoms with E-state index >= 15 is 0 Å². The maximum Gasteiger partial charge on any atom is 0.312 e. The molecular weight excluding hydrogens is 416 g/mol. The number of rotatable bonds is 8. The number of nitrogens with one attached hydrogen (secondary N) is 2. The molecule has 0 fully saturated rings. The van der Waals surface area contributed by atoms with Gasteiger partial charge in [-0.2, -0.15) is 0 Å². The molecule has 0 bridgehead atoms. The van der Waals surface area contributed by atoms with Crippen molar-refractivity contribution >= 4 is 35.1 Å². The van der Waals surface area contributed by atoms with Crippen LogP contribution in [0.5, 0.6) is 5.75 Å². The van der Waals surface area contributed by atoms with Gasteiger partial charge in [0, 0.05) is 22.8 Å². The van der Waals surface area contributed by atoms with Crippen molar-refractivity contribution in [2.24, 2.45) is 0 Å². The lowest BCUT2D eigenvalue weighted by molar-refractivity contribution is -0.134. The van der Waals surface area contributed by atoms with Crippen molar-refractivity contribution in [1.29, 1.82) is 0 Å². The Labute approximate surface area is 185 Å². The smallest absolute Gasteiger partial charge is 0.312 e. The standard InChI is InChI=1S/C24H21ClN2O4/c25-19-8-6-18(7-9-19)24(30)27-20-10-12-21(13-11-20)31-23(29)14-15-26-22(28)16-17-4-2-1-3-5-17/h1-13H,14-16H2,(H,26,28)(H,27,30). The first-order valence-corrected chi connectivity index (χ1v) is 10.1. The summed E-state index contributed by atoms with van der Waals surface area (Å²) in [7, 11) is 0. The fourth-order valence-electron chi connectivity index (χ4n) is 2.74. The number of hydrogen-bond donors (Lipinski definition) is 2. The van der Waals surface area contributed by atoms with Gasteiger partial charge in [-0.1, -0.05) is 41.9 Å². The largest absolute Gasteiger partial charge is 0.426 e. The minimum atomic E-state index is -0.460. The monoisotopic (exact) mass is 436 g/mol. The van der Waals surface area contributed by atoms with Gasteiger partial charge in [-0.25, -0.2) is 0 Å². The van der Waals surface area contributed by atoms with Crippen LogP contribution in [0.3, 0.4) is 0 Å². The average Bonchev–Trinajstić information content (AvgIpc) is 2.76. The first kappa shape index (κ1) is 22.1. The van der Waals surface area contributed by atoms with Crippen molar-refractivity contribution in [2.75, 3.05) is 11.9 Å². The predicted octanol–water partition coefficient (Wildman–Crippen LogP) is 4.25. The summed E-state index contributed by atoms with van der Waals surface area (Å²) in [6.07, 6.45) is 0.314. The number of hydrogen-bond acceptors (Lipinski definition) is 4. The molecule has 3 rings (SSSR count). The zero-order valence-corrected chi connectivity index (χ0v) is 17.4. The summed E-state index contributed by atoms with van der Waals surface area (Å²) in [6.45, 7) is 0.194. The highest BCUT2D eigenvalue weighted by Gasteiger charge is 2.09. The molecule has 0 aliphatic rings. The number of ether oxygens (including phenoxy) is 1. The van der Waals surface area contributed by atoms with Crippen molar-refractivity contribution in [3.05, 3.63) is 95.0 Å². The zero-order valence-electron chi connectivity index (χ0n) is 16.6. The Kier molecular flexibility index (Phi) is 7.79. The maximum absolute atomic E-state index is 12.2. The third-order valence-electron chi connectivity index (χ3n) is 4.31. The SMILES string of the molecule is O=C(Cc1ccccc1)NCCC(=O)Oc1ccc(NC(=O)c2ccc(Cl)cc2)cc1. The first-order valence-electron chi connectivity index (χ1n) is 9.68. The van der Waals surface area contributed by atoms with E-state index in [1.165, 1.54) is 0 Å². The van der Waals surface area contributed by atoms with Crippen LogP contribution in [-0.4, -0.2) is 24.3 Å². The Bertz CT molecular complexity index is 1040. The molecule has 158 valence electrons. The third kappa shape index (κ3) is 7.28. The molecule has 3 aromatic carbocycles. The summed E-state index contributed by atoms with van der Waals surface area (Å²) in [5.74, 6) is -0.532. The number of esters is 1. The highest BCUT2D eigenvalue weighted by atomic mass is 35.5. The van der Waals surface area contributed by atoms with Crippen LogP contribution in [0, 0.1) is 0 Å². The van der Waals surface area contributed by atoms with Gasteiger partial charge < -0.3 is 15.4 Å². The molecular formula is C24H21ClN2O4. The Morgan fingerprint density at radius 2 is 1.52 bits per heavy atom. The van der Waals surface area contributed by atoms with Gasteiger partial charge in [0.05, 0.1) is 12.8 Å². The Morgan fingerprint density at radius 3 is 2.19 bits per heavy atom. The van der Waals surface area contributed by atoms with E-state index in [1.807, 2.05) is 30.3 Å². The van der Waals surface area contributed by atoms with E-state index in [-0.39, 0.29) is 31.2 Å². The molecule has 2 N–H and O–H groups in total. The molecule has 6 nitrogen and oxygen atoms in total. The Hall–Kier alpha value is -3.64. The molecule has 2 amide bonds. The lowest BCUT2D eigenvalue weighted by Crippen LogP contribution is -2.28. The zero-order chi connectivity index (χ0) is 22.1. The van der Waals surface area contributed by atoms with Gasteiger partial charge in [0.1, 0.15) is 5.75 Å². The molecule has 0 unspecified atom stereocenters. The molecule has 3 aromatic rings. The van der Waals surface area contributed by atoms with Gasteiger partial charge in [-0.3, -0.25) is 14.4 Å². The molecule has 0 radical (unpaired) electrons. The summed E-state index contributed by atoms with van der Waals surface area (Å²) < 4.78 is 5.25. The number of carbonyl (C=O) groups is 3. The Morgan fingerprint density at radius 1 is 0.839 bits per heavy atom. The normalized spacial score (nSPS) is 10.2. The molecule has 0 aliphatic carbocycles. The van der Waals surface area contributed by atoms with Crippen molar-refractivity contribution in [2.45, 2.75) is 12.8 Å². The molecule has 0 spiro atoms. The average molecular weight is 437 g/mol. The molecule has 7 heteroatoms. The number of anilines is 1.